The Kier molecular flexibility index (Phi) is 4.41. The van der Waals surface area contributed by atoms with Crippen LogP contribution in [-0.4, -0.2) is 32.3 Å². The lowest BCUT2D eigenvalue weighted by molar-refractivity contribution is 0.404. The predicted octanol–water partition coefficient (Wildman–Crippen LogP) is 3.29. The van der Waals surface area contributed by atoms with Crippen molar-refractivity contribution >= 4 is 11.3 Å². The number of hydrogen-bond acceptors (Lipinski definition) is 5. The first kappa shape index (κ1) is 14.4. The first-order chi connectivity index (χ1) is 10.3. The molecular formula is C16H20N2O2S. The van der Waals surface area contributed by atoms with Gasteiger partial charge < -0.3 is 14.8 Å². The molecule has 5 heteroatoms. The van der Waals surface area contributed by atoms with Crippen molar-refractivity contribution in [1.82, 2.24) is 10.3 Å². The van der Waals surface area contributed by atoms with Crippen LogP contribution in [0.15, 0.2) is 23.6 Å². The van der Waals surface area contributed by atoms with E-state index in [0.717, 1.165) is 35.8 Å². The average Bonchev–Trinajstić information content (AvgIpc) is 3.05. The van der Waals surface area contributed by atoms with Crippen LogP contribution in [0.4, 0.5) is 0 Å². The van der Waals surface area contributed by atoms with E-state index < -0.39 is 0 Å². The van der Waals surface area contributed by atoms with E-state index in [4.69, 9.17) is 14.5 Å². The zero-order chi connectivity index (χ0) is 14.7. The summed E-state index contributed by atoms with van der Waals surface area (Å²) in [6.45, 7) is 2.15. The van der Waals surface area contributed by atoms with E-state index in [9.17, 15) is 0 Å². The van der Waals surface area contributed by atoms with Crippen LogP contribution in [0, 0.1) is 0 Å². The third kappa shape index (κ3) is 3.04. The Morgan fingerprint density at radius 1 is 1.29 bits per heavy atom. The van der Waals surface area contributed by atoms with Crippen LogP contribution in [0.3, 0.4) is 0 Å². The van der Waals surface area contributed by atoms with E-state index in [-0.39, 0.29) is 0 Å². The minimum atomic E-state index is 0.536. The third-order valence-corrected chi connectivity index (χ3v) is 4.86. The second kappa shape index (κ2) is 6.45. The molecule has 0 radical (unpaired) electrons. The Hall–Kier alpha value is -1.59. The second-order valence-electron chi connectivity index (χ2n) is 5.18. The maximum absolute atomic E-state index is 5.45. The van der Waals surface area contributed by atoms with Gasteiger partial charge in [0.05, 0.1) is 24.9 Å². The largest absolute Gasteiger partial charge is 0.497 e. The average molecular weight is 304 g/mol. The minimum absolute atomic E-state index is 0.536. The molecule has 21 heavy (non-hydrogen) atoms. The molecule has 3 rings (SSSR count). The number of methoxy groups -OCH3 is 2. The highest BCUT2D eigenvalue weighted by Gasteiger charge is 2.19. The highest BCUT2D eigenvalue weighted by molar-refractivity contribution is 7.10. The molecule has 0 bridgehead atoms. The van der Waals surface area contributed by atoms with Gasteiger partial charge in [0.1, 0.15) is 11.5 Å². The molecule has 1 aromatic carbocycles. The number of nitrogens with one attached hydrogen (secondary N) is 1. The van der Waals surface area contributed by atoms with Crippen LogP contribution in [-0.2, 0) is 0 Å². The quantitative estimate of drug-likeness (QED) is 0.941. The van der Waals surface area contributed by atoms with Crippen molar-refractivity contribution in [2.45, 2.75) is 18.8 Å². The van der Waals surface area contributed by atoms with Crippen molar-refractivity contribution in [3.05, 3.63) is 28.6 Å². The number of nitrogens with zero attached hydrogens (tertiary/aromatic N) is 1. The van der Waals surface area contributed by atoms with Crippen molar-refractivity contribution in [2.24, 2.45) is 0 Å². The topological polar surface area (TPSA) is 43.4 Å². The number of hydrogen-bond donors (Lipinski definition) is 1. The number of benzene rings is 1. The maximum Gasteiger partial charge on any atom is 0.128 e. The minimum Gasteiger partial charge on any atom is -0.497 e. The fourth-order valence-electron chi connectivity index (χ4n) is 2.68. The van der Waals surface area contributed by atoms with Crippen molar-refractivity contribution in [1.29, 1.82) is 0 Å². The molecule has 1 aliphatic heterocycles. The van der Waals surface area contributed by atoms with E-state index in [1.807, 2.05) is 18.2 Å². The van der Waals surface area contributed by atoms with Gasteiger partial charge in [-0.3, -0.25) is 0 Å². The summed E-state index contributed by atoms with van der Waals surface area (Å²) in [6, 6.07) is 5.81. The molecule has 1 aliphatic rings. The first-order valence-electron chi connectivity index (χ1n) is 7.20. The molecule has 2 aromatic rings. The van der Waals surface area contributed by atoms with Crippen LogP contribution in [0.1, 0.15) is 23.8 Å². The van der Waals surface area contributed by atoms with Gasteiger partial charge in [0.25, 0.3) is 0 Å². The van der Waals surface area contributed by atoms with Crippen molar-refractivity contribution in [3.63, 3.8) is 0 Å². The van der Waals surface area contributed by atoms with E-state index >= 15 is 0 Å². The smallest absolute Gasteiger partial charge is 0.128 e. The monoisotopic (exact) mass is 304 g/mol. The van der Waals surface area contributed by atoms with Crippen LogP contribution >= 0.6 is 11.3 Å². The molecule has 0 amide bonds. The number of piperidine rings is 1. The molecule has 0 aliphatic carbocycles. The standard InChI is InChI=1S/C16H20N2O2S/c1-19-12-5-6-15(20-2)13(8-12)14-10-21-16(18-14)11-4-3-7-17-9-11/h5-6,8,10-11,17H,3-4,7,9H2,1-2H3. The van der Waals surface area contributed by atoms with Gasteiger partial charge in [-0.2, -0.15) is 0 Å². The van der Waals surface area contributed by atoms with Gasteiger partial charge in [-0.1, -0.05) is 0 Å². The summed E-state index contributed by atoms with van der Waals surface area (Å²) in [6.07, 6.45) is 2.44. The molecular weight excluding hydrogens is 284 g/mol. The first-order valence-corrected chi connectivity index (χ1v) is 8.08. The zero-order valence-electron chi connectivity index (χ0n) is 12.4. The summed E-state index contributed by atoms with van der Waals surface area (Å²) in [4.78, 5) is 4.83. The molecule has 0 spiro atoms. The summed E-state index contributed by atoms with van der Waals surface area (Å²) < 4.78 is 10.8. The Labute approximate surface area is 129 Å². The Bertz CT molecular complexity index is 606. The highest BCUT2D eigenvalue weighted by Crippen LogP contribution is 2.36. The van der Waals surface area contributed by atoms with Gasteiger partial charge in [0, 0.05) is 23.4 Å². The fraction of sp³-hybridized carbons (Fsp3) is 0.438. The van der Waals surface area contributed by atoms with Crippen molar-refractivity contribution in [2.75, 3.05) is 27.3 Å². The number of rotatable bonds is 4. The molecule has 1 atom stereocenters. The molecule has 1 saturated heterocycles. The molecule has 1 aromatic heterocycles. The van der Waals surface area contributed by atoms with E-state index in [0.29, 0.717) is 5.92 Å². The normalized spacial score (nSPS) is 18.5. The molecule has 2 heterocycles. The van der Waals surface area contributed by atoms with Gasteiger partial charge in [-0.15, -0.1) is 11.3 Å². The molecule has 0 saturated carbocycles. The highest BCUT2D eigenvalue weighted by atomic mass is 32.1. The fourth-order valence-corrected chi connectivity index (χ4v) is 3.63. The van der Waals surface area contributed by atoms with Crippen molar-refractivity contribution in [3.8, 4) is 22.8 Å². The molecule has 112 valence electrons. The third-order valence-electron chi connectivity index (χ3n) is 3.85. The van der Waals surface area contributed by atoms with E-state index in [1.165, 1.54) is 17.8 Å². The summed E-state index contributed by atoms with van der Waals surface area (Å²) in [5.74, 6) is 2.18. The van der Waals surface area contributed by atoms with Crippen LogP contribution in [0.2, 0.25) is 0 Å². The van der Waals surface area contributed by atoms with Gasteiger partial charge in [-0.05, 0) is 37.6 Å². The van der Waals surface area contributed by atoms with Crippen LogP contribution in [0.25, 0.3) is 11.3 Å². The Morgan fingerprint density at radius 2 is 2.19 bits per heavy atom. The molecule has 4 nitrogen and oxygen atoms in total. The van der Waals surface area contributed by atoms with Gasteiger partial charge >= 0.3 is 0 Å². The Morgan fingerprint density at radius 3 is 2.90 bits per heavy atom. The summed E-state index contributed by atoms with van der Waals surface area (Å²) in [7, 11) is 3.36. The number of ether oxygens (including phenoxy) is 2. The summed E-state index contributed by atoms with van der Waals surface area (Å²) in [5, 5.41) is 6.77. The second-order valence-corrected chi connectivity index (χ2v) is 6.07. The summed E-state index contributed by atoms with van der Waals surface area (Å²) in [5.41, 5.74) is 1.96. The van der Waals surface area contributed by atoms with Gasteiger partial charge in [0.2, 0.25) is 0 Å². The van der Waals surface area contributed by atoms with Gasteiger partial charge in [0.15, 0.2) is 0 Å². The zero-order valence-corrected chi connectivity index (χ0v) is 13.2. The van der Waals surface area contributed by atoms with E-state index in [2.05, 4.69) is 10.7 Å². The summed E-state index contributed by atoms with van der Waals surface area (Å²) >= 11 is 1.74. The number of thiazole rings is 1. The lowest BCUT2D eigenvalue weighted by Gasteiger charge is -2.20. The van der Waals surface area contributed by atoms with E-state index in [1.54, 1.807) is 25.6 Å². The SMILES string of the molecule is COc1ccc(OC)c(-c2csc(C3CCCNC3)n2)c1. The Balaban J connectivity index is 1.91. The maximum atomic E-state index is 5.45. The number of aromatic nitrogens is 1. The van der Waals surface area contributed by atoms with Crippen LogP contribution in [0.5, 0.6) is 11.5 Å². The van der Waals surface area contributed by atoms with Gasteiger partial charge in [-0.25, -0.2) is 4.98 Å². The lowest BCUT2D eigenvalue weighted by Crippen LogP contribution is -2.28. The van der Waals surface area contributed by atoms with Crippen molar-refractivity contribution < 1.29 is 9.47 Å². The predicted molar refractivity (Wildman–Crippen MR) is 85.5 cm³/mol. The lowest BCUT2D eigenvalue weighted by atomic mass is 10.0. The molecule has 1 N–H and O–H groups in total. The van der Waals surface area contributed by atoms with Crippen LogP contribution < -0.4 is 14.8 Å². The molecule has 1 unspecified atom stereocenters. The molecule has 1 fully saturated rings.